The molecule has 16 heavy (non-hydrogen) atoms. The van der Waals surface area contributed by atoms with E-state index >= 15 is 0 Å². The van der Waals surface area contributed by atoms with E-state index in [2.05, 4.69) is 43.9 Å². The number of aryl methyl sites for hydroxylation is 1. The van der Waals surface area contributed by atoms with Crippen molar-refractivity contribution in [1.82, 2.24) is 0 Å². The minimum absolute atomic E-state index is 0.556. The molecular weight excluding hydrogens is 196 g/mol. The van der Waals surface area contributed by atoms with E-state index in [9.17, 15) is 0 Å². The minimum atomic E-state index is 0.556. The summed E-state index contributed by atoms with van der Waals surface area (Å²) in [6.07, 6.45) is 2.25. The molecule has 1 aliphatic rings. The van der Waals surface area contributed by atoms with Crippen molar-refractivity contribution in [3.8, 4) is 0 Å². The smallest absolute Gasteiger partial charge is 0.0404 e. The van der Waals surface area contributed by atoms with E-state index in [1.165, 1.54) is 16.8 Å². The van der Waals surface area contributed by atoms with Crippen LogP contribution in [0.3, 0.4) is 0 Å². The van der Waals surface area contributed by atoms with Gasteiger partial charge >= 0.3 is 0 Å². The fourth-order valence-electron chi connectivity index (χ4n) is 2.81. The van der Waals surface area contributed by atoms with E-state index in [-0.39, 0.29) is 0 Å². The molecule has 1 heterocycles. The molecule has 2 N–H and O–H groups in total. The summed E-state index contributed by atoms with van der Waals surface area (Å²) in [4.78, 5) is 2.53. The third kappa shape index (κ3) is 1.94. The number of hydrogen-bond donors (Lipinski definition) is 1. The molecular formula is C14H22N2. The third-order valence-corrected chi connectivity index (χ3v) is 3.42. The molecule has 0 amide bonds. The van der Waals surface area contributed by atoms with Gasteiger partial charge in [0.2, 0.25) is 0 Å². The van der Waals surface area contributed by atoms with Crippen LogP contribution in [0.5, 0.6) is 0 Å². The maximum absolute atomic E-state index is 5.71. The van der Waals surface area contributed by atoms with Gasteiger partial charge in [0.05, 0.1) is 0 Å². The van der Waals surface area contributed by atoms with Gasteiger partial charge in [-0.2, -0.15) is 0 Å². The van der Waals surface area contributed by atoms with Gasteiger partial charge in [-0.25, -0.2) is 0 Å². The molecule has 1 atom stereocenters. The Kier molecular flexibility index (Phi) is 3.20. The van der Waals surface area contributed by atoms with Crippen molar-refractivity contribution in [3.05, 3.63) is 29.3 Å². The fraction of sp³-hybridized carbons (Fsp3) is 0.571. The van der Waals surface area contributed by atoms with Crippen LogP contribution >= 0.6 is 0 Å². The number of fused-ring (bicyclic) bond motifs is 1. The van der Waals surface area contributed by atoms with Crippen LogP contribution in [0.15, 0.2) is 18.2 Å². The van der Waals surface area contributed by atoms with Crippen molar-refractivity contribution in [2.75, 3.05) is 11.4 Å². The first-order valence-electron chi connectivity index (χ1n) is 6.21. The number of hydrogen-bond acceptors (Lipinski definition) is 2. The molecule has 1 unspecified atom stereocenters. The van der Waals surface area contributed by atoms with Crippen molar-refractivity contribution < 1.29 is 0 Å². The summed E-state index contributed by atoms with van der Waals surface area (Å²) in [7, 11) is 0. The lowest BCUT2D eigenvalue weighted by atomic mass is 10.1. The summed E-state index contributed by atoms with van der Waals surface area (Å²) in [6.45, 7) is 7.47. The van der Waals surface area contributed by atoms with Gasteiger partial charge in [0.15, 0.2) is 0 Å². The molecule has 2 rings (SSSR count). The molecule has 0 spiro atoms. The predicted molar refractivity (Wildman–Crippen MR) is 70.0 cm³/mol. The highest BCUT2D eigenvalue weighted by Crippen LogP contribution is 2.35. The lowest BCUT2D eigenvalue weighted by Crippen LogP contribution is -2.38. The predicted octanol–water partition coefficient (Wildman–Crippen LogP) is 2.48. The summed E-state index contributed by atoms with van der Waals surface area (Å²) < 4.78 is 0. The topological polar surface area (TPSA) is 29.3 Å². The molecule has 2 nitrogen and oxygen atoms in total. The Morgan fingerprint density at radius 1 is 1.44 bits per heavy atom. The second-order valence-electron chi connectivity index (χ2n) is 5.07. The quantitative estimate of drug-likeness (QED) is 0.844. The second kappa shape index (κ2) is 4.46. The van der Waals surface area contributed by atoms with Gasteiger partial charge in [0.1, 0.15) is 0 Å². The van der Waals surface area contributed by atoms with Gasteiger partial charge < -0.3 is 10.6 Å². The monoisotopic (exact) mass is 218 g/mol. The van der Waals surface area contributed by atoms with E-state index in [0.29, 0.717) is 12.1 Å². The first-order valence-corrected chi connectivity index (χ1v) is 6.21. The molecule has 0 aliphatic carbocycles. The molecule has 1 aliphatic heterocycles. The van der Waals surface area contributed by atoms with Gasteiger partial charge in [-0.15, -0.1) is 0 Å². The van der Waals surface area contributed by atoms with Gasteiger partial charge in [-0.1, -0.05) is 17.7 Å². The average molecular weight is 218 g/mol. The van der Waals surface area contributed by atoms with Crippen LogP contribution < -0.4 is 10.6 Å². The molecule has 88 valence electrons. The Bertz CT molecular complexity index is 371. The van der Waals surface area contributed by atoms with E-state index in [4.69, 9.17) is 5.73 Å². The van der Waals surface area contributed by atoms with Crippen LogP contribution in [0, 0.1) is 6.92 Å². The maximum Gasteiger partial charge on any atom is 0.0404 e. The molecule has 0 aromatic heterocycles. The van der Waals surface area contributed by atoms with Crippen LogP contribution in [0.25, 0.3) is 0 Å². The van der Waals surface area contributed by atoms with Crippen LogP contribution in [0.2, 0.25) is 0 Å². The third-order valence-electron chi connectivity index (χ3n) is 3.42. The van der Waals surface area contributed by atoms with E-state index in [0.717, 1.165) is 19.4 Å². The minimum Gasteiger partial charge on any atom is -0.366 e. The Morgan fingerprint density at radius 2 is 2.19 bits per heavy atom. The molecule has 0 bridgehead atoms. The summed E-state index contributed by atoms with van der Waals surface area (Å²) in [6, 6.07) is 7.95. The molecule has 1 aromatic carbocycles. The van der Waals surface area contributed by atoms with Crippen molar-refractivity contribution >= 4 is 5.69 Å². The lowest BCUT2D eigenvalue weighted by molar-refractivity contribution is 0.542. The fourth-order valence-corrected chi connectivity index (χ4v) is 2.81. The highest BCUT2D eigenvalue weighted by Gasteiger charge is 2.29. The molecule has 2 heteroatoms. The van der Waals surface area contributed by atoms with Crippen molar-refractivity contribution in [3.63, 3.8) is 0 Å². The van der Waals surface area contributed by atoms with E-state index in [1.807, 2.05) is 0 Å². The zero-order chi connectivity index (χ0) is 11.7. The number of nitrogens with two attached hydrogens (primary N) is 1. The highest BCUT2D eigenvalue weighted by molar-refractivity contribution is 5.61. The van der Waals surface area contributed by atoms with Crippen molar-refractivity contribution in [1.29, 1.82) is 0 Å². The van der Waals surface area contributed by atoms with Crippen LogP contribution in [0.4, 0.5) is 5.69 Å². The number of benzene rings is 1. The largest absolute Gasteiger partial charge is 0.366 e. The Balaban J connectivity index is 2.33. The Morgan fingerprint density at radius 3 is 2.81 bits per heavy atom. The molecule has 0 fully saturated rings. The van der Waals surface area contributed by atoms with Crippen LogP contribution in [-0.2, 0) is 6.42 Å². The molecule has 0 saturated carbocycles. The zero-order valence-corrected chi connectivity index (χ0v) is 10.5. The highest BCUT2D eigenvalue weighted by atomic mass is 15.2. The SMILES string of the molecule is Cc1ccc2c(c1)CC(CCN)N2C(C)C. The zero-order valence-electron chi connectivity index (χ0n) is 10.5. The standard InChI is InChI=1S/C14H22N2/c1-10(2)16-13(6-7-15)9-12-8-11(3)4-5-14(12)16/h4-5,8,10,13H,6-7,9,15H2,1-3H3. The maximum atomic E-state index is 5.71. The number of nitrogens with zero attached hydrogens (tertiary/aromatic N) is 1. The van der Waals surface area contributed by atoms with Gasteiger partial charge in [-0.3, -0.25) is 0 Å². The van der Waals surface area contributed by atoms with Crippen LogP contribution in [-0.4, -0.2) is 18.6 Å². The first kappa shape index (κ1) is 11.5. The van der Waals surface area contributed by atoms with Crippen molar-refractivity contribution in [2.24, 2.45) is 5.73 Å². The summed E-state index contributed by atoms with van der Waals surface area (Å²) >= 11 is 0. The molecule has 0 radical (unpaired) electrons. The normalized spacial score (nSPS) is 19.3. The van der Waals surface area contributed by atoms with E-state index < -0.39 is 0 Å². The second-order valence-corrected chi connectivity index (χ2v) is 5.07. The Labute approximate surface area is 98.4 Å². The molecule has 1 aromatic rings. The lowest BCUT2D eigenvalue weighted by Gasteiger charge is -2.31. The summed E-state index contributed by atoms with van der Waals surface area (Å²) in [5.74, 6) is 0. The molecule has 0 saturated heterocycles. The van der Waals surface area contributed by atoms with Crippen molar-refractivity contribution in [2.45, 2.75) is 45.7 Å². The summed E-state index contributed by atoms with van der Waals surface area (Å²) in [5, 5.41) is 0. The van der Waals surface area contributed by atoms with Crippen LogP contribution in [0.1, 0.15) is 31.4 Å². The van der Waals surface area contributed by atoms with Gasteiger partial charge in [0, 0.05) is 17.8 Å². The number of anilines is 1. The number of rotatable bonds is 3. The van der Waals surface area contributed by atoms with E-state index in [1.54, 1.807) is 0 Å². The van der Waals surface area contributed by atoms with Gasteiger partial charge in [0.25, 0.3) is 0 Å². The first-order chi connectivity index (χ1) is 7.63. The Hall–Kier alpha value is -1.02. The average Bonchev–Trinajstić information content (AvgIpc) is 2.55. The summed E-state index contributed by atoms with van der Waals surface area (Å²) in [5.41, 5.74) is 9.97. The van der Waals surface area contributed by atoms with Gasteiger partial charge in [-0.05, 0) is 51.8 Å².